The molecule has 0 aliphatic carbocycles. The third-order valence-electron chi connectivity index (χ3n) is 3.09. The fraction of sp³-hybridized carbons (Fsp3) is 0.667. The van der Waals surface area contributed by atoms with Gasteiger partial charge in [-0.05, 0) is 0 Å². The van der Waals surface area contributed by atoms with Gasteiger partial charge in [0.05, 0.1) is 12.2 Å². The number of hydrogen-bond acceptors (Lipinski definition) is 4. The van der Waals surface area contributed by atoms with Crippen LogP contribution in [0.15, 0.2) is 0 Å². The SMILES string of the molecule is CC(C)c1nc2c(n1CCOC(N)=O)CCNC2. The van der Waals surface area contributed by atoms with E-state index in [4.69, 9.17) is 10.5 Å². The van der Waals surface area contributed by atoms with Gasteiger partial charge in [-0.3, -0.25) is 0 Å². The van der Waals surface area contributed by atoms with Crippen molar-refractivity contribution in [3.05, 3.63) is 17.2 Å². The van der Waals surface area contributed by atoms with E-state index in [9.17, 15) is 4.79 Å². The van der Waals surface area contributed by atoms with Crippen molar-refractivity contribution in [2.24, 2.45) is 5.73 Å². The van der Waals surface area contributed by atoms with Gasteiger partial charge in [0.15, 0.2) is 0 Å². The molecule has 0 unspecified atom stereocenters. The molecule has 0 spiro atoms. The summed E-state index contributed by atoms with van der Waals surface area (Å²) >= 11 is 0. The van der Waals surface area contributed by atoms with E-state index < -0.39 is 6.09 Å². The number of carbonyl (C=O) groups excluding carboxylic acids is 1. The Kier molecular flexibility index (Phi) is 3.86. The smallest absolute Gasteiger partial charge is 0.404 e. The summed E-state index contributed by atoms with van der Waals surface area (Å²) in [6, 6.07) is 0. The van der Waals surface area contributed by atoms with Crippen LogP contribution in [0.5, 0.6) is 0 Å². The number of carbonyl (C=O) groups is 1. The molecule has 100 valence electrons. The Morgan fingerprint density at radius 2 is 2.39 bits per heavy atom. The zero-order valence-electron chi connectivity index (χ0n) is 10.9. The van der Waals surface area contributed by atoms with Crippen LogP contribution >= 0.6 is 0 Å². The standard InChI is InChI=1S/C12H20N4O2/c1-8(2)11-15-9-7-14-4-3-10(9)16(11)5-6-18-12(13)17/h8,14H,3-7H2,1-2H3,(H2,13,17). The fourth-order valence-electron chi connectivity index (χ4n) is 2.32. The lowest BCUT2D eigenvalue weighted by molar-refractivity contribution is 0.151. The number of primary amides is 1. The Bertz CT molecular complexity index is 440. The van der Waals surface area contributed by atoms with Crippen LogP contribution in [-0.2, 0) is 24.2 Å². The third kappa shape index (κ3) is 2.64. The van der Waals surface area contributed by atoms with Gasteiger partial charge in [-0.15, -0.1) is 0 Å². The van der Waals surface area contributed by atoms with Gasteiger partial charge in [-0.2, -0.15) is 0 Å². The summed E-state index contributed by atoms with van der Waals surface area (Å²) < 4.78 is 6.99. The highest BCUT2D eigenvalue weighted by Crippen LogP contribution is 2.21. The number of hydrogen-bond donors (Lipinski definition) is 2. The van der Waals surface area contributed by atoms with Gasteiger partial charge in [0, 0.05) is 31.1 Å². The first kappa shape index (κ1) is 12.9. The van der Waals surface area contributed by atoms with E-state index in [0.717, 1.165) is 31.0 Å². The van der Waals surface area contributed by atoms with Crippen molar-refractivity contribution >= 4 is 6.09 Å². The average molecular weight is 252 g/mol. The van der Waals surface area contributed by atoms with Gasteiger partial charge in [-0.1, -0.05) is 13.8 Å². The minimum atomic E-state index is -0.725. The summed E-state index contributed by atoms with van der Waals surface area (Å²) in [4.78, 5) is 15.3. The van der Waals surface area contributed by atoms with Crippen molar-refractivity contribution in [2.75, 3.05) is 13.2 Å². The van der Waals surface area contributed by atoms with E-state index in [0.29, 0.717) is 19.1 Å². The molecule has 6 nitrogen and oxygen atoms in total. The molecule has 2 heterocycles. The first-order valence-corrected chi connectivity index (χ1v) is 6.30. The monoisotopic (exact) mass is 252 g/mol. The molecule has 0 bridgehead atoms. The molecule has 6 heteroatoms. The van der Waals surface area contributed by atoms with Gasteiger partial charge < -0.3 is 20.4 Å². The van der Waals surface area contributed by atoms with E-state index in [1.165, 1.54) is 5.69 Å². The van der Waals surface area contributed by atoms with Crippen LogP contribution in [0.3, 0.4) is 0 Å². The van der Waals surface area contributed by atoms with Crippen LogP contribution in [0.4, 0.5) is 4.79 Å². The van der Waals surface area contributed by atoms with Crippen LogP contribution in [0.1, 0.15) is 37.0 Å². The number of amides is 1. The number of nitrogens with one attached hydrogen (secondary N) is 1. The summed E-state index contributed by atoms with van der Waals surface area (Å²) in [5, 5.41) is 3.31. The van der Waals surface area contributed by atoms with Crippen LogP contribution in [-0.4, -0.2) is 28.8 Å². The largest absolute Gasteiger partial charge is 0.448 e. The lowest BCUT2D eigenvalue weighted by Gasteiger charge is -2.16. The Labute approximate surface area is 107 Å². The Balaban J connectivity index is 2.19. The maximum atomic E-state index is 10.6. The first-order valence-electron chi connectivity index (χ1n) is 6.30. The molecule has 1 aliphatic rings. The second-order valence-corrected chi connectivity index (χ2v) is 4.76. The van der Waals surface area contributed by atoms with Gasteiger partial charge >= 0.3 is 6.09 Å². The molecular formula is C12H20N4O2. The molecule has 1 aromatic rings. The number of ether oxygens (including phenoxy) is 1. The molecule has 1 aliphatic heterocycles. The summed E-state index contributed by atoms with van der Waals surface area (Å²) in [6.45, 7) is 6.94. The third-order valence-corrected chi connectivity index (χ3v) is 3.09. The molecule has 2 rings (SSSR count). The number of nitrogens with two attached hydrogens (primary N) is 1. The van der Waals surface area contributed by atoms with Gasteiger partial charge in [-0.25, -0.2) is 9.78 Å². The Hall–Kier alpha value is -1.56. The number of rotatable bonds is 4. The normalized spacial score (nSPS) is 14.6. The highest BCUT2D eigenvalue weighted by atomic mass is 16.5. The lowest BCUT2D eigenvalue weighted by Crippen LogP contribution is -2.26. The van der Waals surface area contributed by atoms with Gasteiger partial charge in [0.2, 0.25) is 0 Å². The van der Waals surface area contributed by atoms with E-state index in [-0.39, 0.29) is 0 Å². The van der Waals surface area contributed by atoms with Crippen molar-refractivity contribution in [1.82, 2.24) is 14.9 Å². The maximum Gasteiger partial charge on any atom is 0.404 e. The lowest BCUT2D eigenvalue weighted by atomic mass is 10.2. The minimum absolute atomic E-state index is 0.297. The molecule has 0 radical (unpaired) electrons. The second kappa shape index (κ2) is 5.39. The molecule has 3 N–H and O–H groups in total. The molecule has 1 aromatic heterocycles. The molecule has 0 saturated heterocycles. The van der Waals surface area contributed by atoms with E-state index in [2.05, 4.69) is 28.7 Å². The van der Waals surface area contributed by atoms with Crippen molar-refractivity contribution in [3.63, 3.8) is 0 Å². The average Bonchev–Trinajstić information content (AvgIpc) is 2.68. The molecule has 1 amide bonds. The number of nitrogens with zero attached hydrogens (tertiary/aromatic N) is 2. The minimum Gasteiger partial charge on any atom is -0.448 e. The Morgan fingerprint density at radius 3 is 3.06 bits per heavy atom. The summed E-state index contributed by atoms with van der Waals surface area (Å²) in [5.74, 6) is 1.40. The summed E-state index contributed by atoms with van der Waals surface area (Å²) in [6.07, 6.45) is 0.239. The molecule has 0 atom stereocenters. The molecule has 0 aromatic carbocycles. The van der Waals surface area contributed by atoms with Crippen molar-refractivity contribution in [1.29, 1.82) is 0 Å². The topological polar surface area (TPSA) is 82.2 Å². The number of fused-ring (bicyclic) bond motifs is 1. The van der Waals surface area contributed by atoms with E-state index >= 15 is 0 Å². The van der Waals surface area contributed by atoms with Crippen LogP contribution in [0.25, 0.3) is 0 Å². The van der Waals surface area contributed by atoms with Crippen molar-refractivity contribution in [3.8, 4) is 0 Å². The molecule has 0 fully saturated rings. The second-order valence-electron chi connectivity index (χ2n) is 4.76. The predicted molar refractivity (Wildman–Crippen MR) is 67.3 cm³/mol. The van der Waals surface area contributed by atoms with Gasteiger partial charge in [0.25, 0.3) is 0 Å². The van der Waals surface area contributed by atoms with Crippen LogP contribution in [0, 0.1) is 0 Å². The number of aromatic nitrogens is 2. The summed E-state index contributed by atoms with van der Waals surface area (Å²) in [5.41, 5.74) is 7.34. The molecule has 0 saturated carbocycles. The van der Waals surface area contributed by atoms with Crippen molar-refractivity contribution < 1.29 is 9.53 Å². The summed E-state index contributed by atoms with van der Waals surface area (Å²) in [7, 11) is 0. The zero-order valence-corrected chi connectivity index (χ0v) is 10.9. The molecular weight excluding hydrogens is 232 g/mol. The zero-order chi connectivity index (χ0) is 13.1. The van der Waals surface area contributed by atoms with E-state index in [1.807, 2.05) is 0 Å². The van der Waals surface area contributed by atoms with Crippen LogP contribution < -0.4 is 11.1 Å². The van der Waals surface area contributed by atoms with Gasteiger partial charge in [0.1, 0.15) is 12.4 Å². The van der Waals surface area contributed by atoms with Crippen LogP contribution in [0.2, 0.25) is 0 Å². The Morgan fingerprint density at radius 1 is 1.61 bits per heavy atom. The van der Waals surface area contributed by atoms with Crippen molar-refractivity contribution in [2.45, 2.75) is 39.3 Å². The predicted octanol–water partition coefficient (Wildman–Crippen LogP) is 0.748. The quantitative estimate of drug-likeness (QED) is 0.828. The first-order chi connectivity index (χ1) is 8.59. The fourth-order valence-corrected chi connectivity index (χ4v) is 2.32. The molecule has 18 heavy (non-hydrogen) atoms. The highest BCUT2D eigenvalue weighted by molar-refractivity contribution is 5.64. The van der Waals surface area contributed by atoms with E-state index in [1.54, 1.807) is 0 Å². The maximum absolute atomic E-state index is 10.6. The number of imidazole rings is 1. The highest BCUT2D eigenvalue weighted by Gasteiger charge is 2.21.